The van der Waals surface area contributed by atoms with Crippen molar-refractivity contribution in [2.24, 2.45) is 0 Å². The van der Waals surface area contributed by atoms with Gasteiger partial charge >= 0.3 is 0 Å². The molecule has 1 fully saturated rings. The summed E-state index contributed by atoms with van der Waals surface area (Å²) in [5.41, 5.74) is 0.708. The number of hydrogen-bond acceptors (Lipinski definition) is 5. The minimum atomic E-state index is -1.11. The molecule has 3 aromatic rings. The third kappa shape index (κ3) is 4.90. The standard InChI is InChI=1S/C26H27FN2O5/c1-32-21-13-12-17(15-23(21)33-2)24(25(30)28-19-8-3-4-9-19)29(20-10-5-7-18(27)16-20)26(31)22-11-6-14-34-22/h5-7,10-16,19,24H,3-4,8-9H2,1-2H3,(H,28,30)/t24-/m0/s1. The summed E-state index contributed by atoms with van der Waals surface area (Å²) in [7, 11) is 3.01. The van der Waals surface area contributed by atoms with Gasteiger partial charge in [-0.25, -0.2) is 4.39 Å². The average molecular weight is 467 g/mol. The maximum atomic E-state index is 14.2. The summed E-state index contributed by atoms with van der Waals surface area (Å²) in [5, 5.41) is 3.08. The molecule has 0 saturated heterocycles. The second-order valence-corrected chi connectivity index (χ2v) is 8.14. The molecule has 2 aromatic carbocycles. The molecule has 0 unspecified atom stereocenters. The number of carbonyl (C=O) groups is 2. The number of furan rings is 1. The maximum Gasteiger partial charge on any atom is 0.294 e. The van der Waals surface area contributed by atoms with Crippen LogP contribution in [0.3, 0.4) is 0 Å². The van der Waals surface area contributed by atoms with E-state index in [4.69, 9.17) is 13.9 Å². The number of nitrogens with zero attached hydrogens (tertiary/aromatic N) is 1. The number of anilines is 1. The van der Waals surface area contributed by atoms with Gasteiger partial charge in [0, 0.05) is 11.7 Å². The molecular formula is C26H27FN2O5. The summed E-state index contributed by atoms with van der Waals surface area (Å²) in [4.78, 5) is 28.6. The lowest BCUT2D eigenvalue weighted by atomic mass is 10.0. The fourth-order valence-electron chi connectivity index (χ4n) is 4.32. The molecule has 1 heterocycles. The lowest BCUT2D eigenvalue weighted by Gasteiger charge is -2.32. The van der Waals surface area contributed by atoms with E-state index in [0.717, 1.165) is 25.7 Å². The van der Waals surface area contributed by atoms with Gasteiger partial charge in [-0.05, 0) is 60.9 Å². The summed E-state index contributed by atoms with van der Waals surface area (Å²) in [6.07, 6.45) is 5.18. The smallest absolute Gasteiger partial charge is 0.294 e. The molecule has 0 aliphatic heterocycles. The van der Waals surface area contributed by atoms with E-state index < -0.39 is 17.8 Å². The quantitative estimate of drug-likeness (QED) is 0.512. The lowest BCUT2D eigenvalue weighted by Crippen LogP contribution is -2.46. The first-order chi connectivity index (χ1) is 16.5. The molecule has 2 amide bonds. The van der Waals surface area contributed by atoms with Gasteiger partial charge in [0.1, 0.15) is 11.9 Å². The number of hydrogen-bond donors (Lipinski definition) is 1. The predicted molar refractivity (Wildman–Crippen MR) is 125 cm³/mol. The van der Waals surface area contributed by atoms with Crippen LogP contribution in [0.1, 0.15) is 47.8 Å². The molecule has 0 spiro atoms. The molecule has 1 aliphatic carbocycles. The fraction of sp³-hybridized carbons (Fsp3) is 0.308. The first kappa shape index (κ1) is 23.4. The number of halogens is 1. The van der Waals surface area contributed by atoms with Crippen LogP contribution in [0.2, 0.25) is 0 Å². The Labute approximate surface area is 197 Å². The molecule has 4 rings (SSSR count). The zero-order chi connectivity index (χ0) is 24.1. The highest BCUT2D eigenvalue weighted by molar-refractivity contribution is 6.08. The lowest BCUT2D eigenvalue weighted by molar-refractivity contribution is -0.123. The summed E-state index contributed by atoms with van der Waals surface area (Å²) in [6, 6.07) is 12.6. The highest BCUT2D eigenvalue weighted by atomic mass is 19.1. The third-order valence-electron chi connectivity index (χ3n) is 5.97. The van der Waals surface area contributed by atoms with Crippen LogP contribution in [0.4, 0.5) is 10.1 Å². The summed E-state index contributed by atoms with van der Waals surface area (Å²) in [5.74, 6) is -0.556. The summed E-state index contributed by atoms with van der Waals surface area (Å²) >= 11 is 0. The number of amides is 2. The van der Waals surface area contributed by atoms with Crippen molar-refractivity contribution in [2.75, 3.05) is 19.1 Å². The highest BCUT2D eigenvalue weighted by Crippen LogP contribution is 2.36. The van der Waals surface area contributed by atoms with Gasteiger partial charge in [-0.15, -0.1) is 0 Å². The fourth-order valence-corrected chi connectivity index (χ4v) is 4.32. The van der Waals surface area contributed by atoms with Gasteiger partial charge in [-0.2, -0.15) is 0 Å². The third-order valence-corrected chi connectivity index (χ3v) is 5.97. The van der Waals surface area contributed by atoms with Crippen LogP contribution < -0.4 is 19.7 Å². The van der Waals surface area contributed by atoms with Crippen LogP contribution >= 0.6 is 0 Å². The van der Waals surface area contributed by atoms with Crippen molar-refractivity contribution in [1.29, 1.82) is 0 Å². The normalized spacial score (nSPS) is 14.4. The number of rotatable bonds is 8. The summed E-state index contributed by atoms with van der Waals surface area (Å²) < 4.78 is 30.4. The van der Waals surface area contributed by atoms with Gasteiger partial charge in [0.05, 0.1) is 20.5 Å². The van der Waals surface area contributed by atoms with Gasteiger partial charge in [-0.1, -0.05) is 25.0 Å². The molecule has 8 heteroatoms. The number of carbonyl (C=O) groups excluding carboxylic acids is 2. The number of nitrogens with one attached hydrogen (secondary N) is 1. The second kappa shape index (κ2) is 10.4. The van der Waals surface area contributed by atoms with Crippen molar-refractivity contribution in [3.05, 3.63) is 78.0 Å². The first-order valence-electron chi connectivity index (χ1n) is 11.2. The molecule has 0 bridgehead atoms. The van der Waals surface area contributed by atoms with E-state index in [1.54, 1.807) is 30.3 Å². The van der Waals surface area contributed by atoms with Crippen LogP contribution in [0, 0.1) is 5.82 Å². The topological polar surface area (TPSA) is 81.0 Å². The van der Waals surface area contributed by atoms with Crippen LogP contribution in [-0.2, 0) is 4.79 Å². The molecule has 1 N–H and O–H groups in total. The van der Waals surface area contributed by atoms with E-state index in [9.17, 15) is 14.0 Å². The van der Waals surface area contributed by atoms with Gasteiger partial charge in [0.2, 0.25) is 5.91 Å². The number of benzene rings is 2. The summed E-state index contributed by atoms with van der Waals surface area (Å²) in [6.45, 7) is 0. The van der Waals surface area contributed by atoms with Gasteiger partial charge in [0.25, 0.3) is 5.91 Å². The van der Waals surface area contributed by atoms with Crippen molar-refractivity contribution in [1.82, 2.24) is 5.32 Å². The minimum absolute atomic E-state index is 0.0169. The Bertz CT molecular complexity index is 1140. The second-order valence-electron chi connectivity index (χ2n) is 8.14. The maximum absolute atomic E-state index is 14.2. The first-order valence-corrected chi connectivity index (χ1v) is 11.2. The zero-order valence-corrected chi connectivity index (χ0v) is 19.1. The van der Waals surface area contributed by atoms with Crippen molar-refractivity contribution < 1.29 is 27.9 Å². The number of ether oxygens (including phenoxy) is 2. The Kier molecular flexibility index (Phi) is 7.15. The Morgan fingerprint density at radius 1 is 1.03 bits per heavy atom. The Morgan fingerprint density at radius 2 is 1.79 bits per heavy atom. The van der Waals surface area contributed by atoms with E-state index in [-0.39, 0.29) is 23.4 Å². The minimum Gasteiger partial charge on any atom is -0.493 e. The SMILES string of the molecule is COc1ccc([C@@H](C(=O)NC2CCCC2)N(C(=O)c2ccco2)c2cccc(F)c2)cc1OC. The van der Waals surface area contributed by atoms with E-state index in [2.05, 4.69) is 5.32 Å². The van der Waals surface area contributed by atoms with E-state index in [0.29, 0.717) is 17.1 Å². The largest absolute Gasteiger partial charge is 0.493 e. The Hall–Kier alpha value is -3.81. The highest BCUT2D eigenvalue weighted by Gasteiger charge is 2.36. The van der Waals surface area contributed by atoms with Crippen molar-refractivity contribution in [2.45, 2.75) is 37.8 Å². The average Bonchev–Trinajstić information content (AvgIpc) is 3.56. The molecule has 7 nitrogen and oxygen atoms in total. The molecule has 0 radical (unpaired) electrons. The predicted octanol–water partition coefficient (Wildman–Crippen LogP) is 4.88. The monoisotopic (exact) mass is 466 g/mol. The van der Waals surface area contributed by atoms with Crippen molar-refractivity contribution >= 4 is 17.5 Å². The van der Waals surface area contributed by atoms with Crippen molar-refractivity contribution in [3.63, 3.8) is 0 Å². The number of methoxy groups -OCH3 is 2. The van der Waals surface area contributed by atoms with Crippen LogP contribution in [0.15, 0.2) is 65.3 Å². The molecule has 1 aromatic heterocycles. The molecule has 1 saturated carbocycles. The molecule has 178 valence electrons. The Morgan fingerprint density at radius 3 is 2.44 bits per heavy atom. The van der Waals surface area contributed by atoms with Gasteiger partial charge in [-0.3, -0.25) is 14.5 Å². The molecular weight excluding hydrogens is 439 g/mol. The van der Waals surface area contributed by atoms with Crippen LogP contribution in [0.5, 0.6) is 11.5 Å². The van der Waals surface area contributed by atoms with E-state index >= 15 is 0 Å². The molecule has 34 heavy (non-hydrogen) atoms. The van der Waals surface area contributed by atoms with Gasteiger partial charge in [0.15, 0.2) is 17.3 Å². The van der Waals surface area contributed by atoms with Crippen molar-refractivity contribution in [3.8, 4) is 11.5 Å². The van der Waals surface area contributed by atoms with E-state index in [1.165, 1.54) is 49.6 Å². The van der Waals surface area contributed by atoms with Gasteiger partial charge < -0.3 is 19.2 Å². The zero-order valence-electron chi connectivity index (χ0n) is 19.1. The van der Waals surface area contributed by atoms with Crippen LogP contribution in [0.25, 0.3) is 0 Å². The van der Waals surface area contributed by atoms with E-state index in [1.807, 2.05) is 0 Å². The van der Waals surface area contributed by atoms with Crippen LogP contribution in [-0.4, -0.2) is 32.1 Å². The Balaban J connectivity index is 1.85. The molecule has 1 atom stereocenters. The molecule has 1 aliphatic rings.